The zero-order valence-corrected chi connectivity index (χ0v) is 19.2. The topological polar surface area (TPSA) is 76.7 Å². The van der Waals surface area contributed by atoms with E-state index < -0.39 is 0 Å². The standard InChI is InChI=1S/C27H28N2O4/c1-18(2)20-13-10-19(11-14-20)12-15-26(30)28-22-16-25(33-4)23(17-24(22)32-3)29-27(31)21-8-6-5-7-9-21/h5-18H,1-4H3,(H,28,30)(H,29,31). The highest BCUT2D eigenvalue weighted by Crippen LogP contribution is 2.36. The minimum absolute atomic E-state index is 0.279. The van der Waals surface area contributed by atoms with Gasteiger partial charge in [-0.3, -0.25) is 9.59 Å². The lowest BCUT2D eigenvalue weighted by Crippen LogP contribution is -2.14. The Kier molecular flexibility index (Phi) is 7.86. The molecular formula is C27H28N2O4. The van der Waals surface area contributed by atoms with Crippen LogP contribution in [0.3, 0.4) is 0 Å². The third-order valence-electron chi connectivity index (χ3n) is 5.09. The van der Waals surface area contributed by atoms with Gasteiger partial charge in [0, 0.05) is 23.8 Å². The summed E-state index contributed by atoms with van der Waals surface area (Å²) in [5.74, 6) is 0.642. The molecule has 0 aliphatic carbocycles. The third kappa shape index (κ3) is 6.23. The number of nitrogens with one attached hydrogen (secondary N) is 2. The van der Waals surface area contributed by atoms with Crippen molar-refractivity contribution in [3.8, 4) is 11.5 Å². The summed E-state index contributed by atoms with van der Waals surface area (Å²) in [5.41, 5.74) is 3.55. The van der Waals surface area contributed by atoms with Crippen molar-refractivity contribution < 1.29 is 19.1 Å². The maximum atomic E-state index is 12.5. The summed E-state index contributed by atoms with van der Waals surface area (Å²) in [6.45, 7) is 4.27. The van der Waals surface area contributed by atoms with E-state index in [0.717, 1.165) is 5.56 Å². The Bertz CT molecular complexity index is 1140. The van der Waals surface area contributed by atoms with Crippen LogP contribution in [0.25, 0.3) is 6.08 Å². The van der Waals surface area contributed by atoms with E-state index in [0.29, 0.717) is 34.4 Å². The predicted molar refractivity (Wildman–Crippen MR) is 132 cm³/mol. The fourth-order valence-electron chi connectivity index (χ4n) is 3.22. The molecule has 0 aliphatic heterocycles. The number of ether oxygens (including phenoxy) is 2. The van der Waals surface area contributed by atoms with Gasteiger partial charge >= 0.3 is 0 Å². The number of anilines is 2. The fraction of sp³-hybridized carbons (Fsp3) is 0.185. The van der Waals surface area contributed by atoms with Crippen LogP contribution in [-0.4, -0.2) is 26.0 Å². The maximum Gasteiger partial charge on any atom is 0.255 e. The first-order chi connectivity index (χ1) is 15.9. The smallest absolute Gasteiger partial charge is 0.255 e. The highest BCUT2D eigenvalue weighted by molar-refractivity contribution is 6.06. The number of hydrogen-bond acceptors (Lipinski definition) is 4. The Morgan fingerprint density at radius 1 is 0.818 bits per heavy atom. The molecule has 0 radical (unpaired) electrons. The van der Waals surface area contributed by atoms with Crippen molar-refractivity contribution in [3.05, 3.63) is 89.5 Å². The average molecular weight is 445 g/mol. The maximum absolute atomic E-state index is 12.5. The molecule has 3 rings (SSSR count). The van der Waals surface area contributed by atoms with Crippen molar-refractivity contribution in [3.63, 3.8) is 0 Å². The largest absolute Gasteiger partial charge is 0.494 e. The van der Waals surface area contributed by atoms with E-state index in [9.17, 15) is 9.59 Å². The van der Waals surface area contributed by atoms with E-state index in [1.165, 1.54) is 25.9 Å². The van der Waals surface area contributed by atoms with Crippen molar-refractivity contribution >= 4 is 29.3 Å². The normalized spacial score (nSPS) is 10.8. The first kappa shape index (κ1) is 23.6. The molecule has 0 saturated carbocycles. The van der Waals surface area contributed by atoms with Crippen molar-refractivity contribution in [2.75, 3.05) is 24.9 Å². The van der Waals surface area contributed by atoms with Gasteiger partial charge in [0.25, 0.3) is 5.91 Å². The van der Waals surface area contributed by atoms with E-state index in [1.807, 2.05) is 18.2 Å². The molecule has 3 aromatic rings. The van der Waals surface area contributed by atoms with Gasteiger partial charge in [0.1, 0.15) is 11.5 Å². The van der Waals surface area contributed by atoms with Crippen LogP contribution in [0.5, 0.6) is 11.5 Å². The summed E-state index contributed by atoms with van der Waals surface area (Å²) < 4.78 is 10.9. The Morgan fingerprint density at radius 2 is 1.39 bits per heavy atom. The molecule has 6 nitrogen and oxygen atoms in total. The lowest BCUT2D eigenvalue weighted by molar-refractivity contribution is -0.111. The zero-order chi connectivity index (χ0) is 23.8. The number of amides is 2. The lowest BCUT2D eigenvalue weighted by Gasteiger charge is -2.16. The summed E-state index contributed by atoms with van der Waals surface area (Å²) in [6.07, 6.45) is 3.21. The van der Waals surface area contributed by atoms with Crippen molar-refractivity contribution in [1.82, 2.24) is 0 Å². The Labute approximate surface area is 194 Å². The van der Waals surface area contributed by atoms with Crippen LogP contribution in [0.1, 0.15) is 41.3 Å². The number of hydrogen-bond donors (Lipinski definition) is 2. The molecule has 6 heteroatoms. The first-order valence-electron chi connectivity index (χ1n) is 10.6. The molecule has 2 N–H and O–H groups in total. The third-order valence-corrected chi connectivity index (χ3v) is 5.09. The van der Waals surface area contributed by atoms with E-state index >= 15 is 0 Å². The highest BCUT2D eigenvalue weighted by atomic mass is 16.5. The molecule has 0 atom stereocenters. The second kappa shape index (κ2) is 11.0. The molecule has 0 unspecified atom stereocenters. The molecule has 2 amide bonds. The Hall–Kier alpha value is -4.06. The molecule has 0 fully saturated rings. The van der Waals surface area contributed by atoms with Gasteiger partial charge in [-0.1, -0.05) is 56.3 Å². The van der Waals surface area contributed by atoms with Crippen LogP contribution in [0.4, 0.5) is 11.4 Å². The quantitative estimate of drug-likeness (QED) is 0.435. The summed E-state index contributed by atoms with van der Waals surface area (Å²) in [5, 5.41) is 5.63. The number of methoxy groups -OCH3 is 2. The molecule has 0 spiro atoms. The van der Waals surface area contributed by atoms with E-state index in [2.05, 4.69) is 36.6 Å². The Balaban J connectivity index is 1.75. The molecule has 0 heterocycles. The monoisotopic (exact) mass is 444 g/mol. The van der Waals surface area contributed by atoms with E-state index in [1.54, 1.807) is 42.5 Å². The Morgan fingerprint density at radius 3 is 1.94 bits per heavy atom. The van der Waals surface area contributed by atoms with Gasteiger partial charge in [0.2, 0.25) is 5.91 Å². The van der Waals surface area contributed by atoms with Gasteiger partial charge in [-0.05, 0) is 35.3 Å². The van der Waals surface area contributed by atoms with Crippen molar-refractivity contribution in [2.24, 2.45) is 0 Å². The summed E-state index contributed by atoms with van der Waals surface area (Å²) in [4.78, 5) is 25.0. The first-order valence-corrected chi connectivity index (χ1v) is 10.6. The average Bonchev–Trinajstić information content (AvgIpc) is 2.84. The second-order valence-electron chi connectivity index (χ2n) is 7.72. The van der Waals surface area contributed by atoms with Gasteiger partial charge in [-0.25, -0.2) is 0 Å². The number of carbonyl (C=O) groups excluding carboxylic acids is 2. The number of carbonyl (C=O) groups is 2. The molecule has 170 valence electrons. The van der Waals surface area contributed by atoms with E-state index in [-0.39, 0.29) is 11.8 Å². The fourth-order valence-corrected chi connectivity index (χ4v) is 3.22. The SMILES string of the molecule is COc1cc(NC(=O)c2ccccc2)c(OC)cc1NC(=O)C=Cc1ccc(C(C)C)cc1. The minimum atomic E-state index is -0.315. The van der Waals surface area contributed by atoms with Crippen molar-refractivity contribution in [1.29, 1.82) is 0 Å². The van der Waals surface area contributed by atoms with Crippen LogP contribution >= 0.6 is 0 Å². The number of benzene rings is 3. The molecule has 0 aromatic heterocycles. The van der Waals surface area contributed by atoms with Gasteiger partial charge in [-0.2, -0.15) is 0 Å². The highest BCUT2D eigenvalue weighted by Gasteiger charge is 2.15. The van der Waals surface area contributed by atoms with Gasteiger partial charge in [0.15, 0.2) is 0 Å². The summed E-state index contributed by atoms with van der Waals surface area (Å²) in [7, 11) is 2.98. The van der Waals surface area contributed by atoms with Crippen LogP contribution < -0.4 is 20.1 Å². The van der Waals surface area contributed by atoms with Gasteiger partial charge in [-0.15, -0.1) is 0 Å². The van der Waals surface area contributed by atoms with Crippen LogP contribution in [0, 0.1) is 0 Å². The molecule has 33 heavy (non-hydrogen) atoms. The van der Waals surface area contributed by atoms with Gasteiger partial charge in [0.05, 0.1) is 25.6 Å². The molecule has 3 aromatic carbocycles. The molecular weight excluding hydrogens is 416 g/mol. The lowest BCUT2D eigenvalue weighted by atomic mass is 10.0. The molecule has 0 aliphatic rings. The summed E-state index contributed by atoms with van der Waals surface area (Å²) >= 11 is 0. The zero-order valence-electron chi connectivity index (χ0n) is 19.2. The van der Waals surface area contributed by atoms with Crippen molar-refractivity contribution in [2.45, 2.75) is 19.8 Å². The predicted octanol–water partition coefficient (Wildman–Crippen LogP) is 5.73. The van der Waals surface area contributed by atoms with Crippen LogP contribution in [0.2, 0.25) is 0 Å². The van der Waals surface area contributed by atoms with Crippen LogP contribution in [-0.2, 0) is 4.79 Å². The van der Waals surface area contributed by atoms with Crippen LogP contribution in [0.15, 0.2) is 72.8 Å². The second-order valence-corrected chi connectivity index (χ2v) is 7.72. The number of rotatable bonds is 8. The van der Waals surface area contributed by atoms with Gasteiger partial charge < -0.3 is 20.1 Å². The summed E-state index contributed by atoms with van der Waals surface area (Å²) in [6, 6.07) is 20.2. The molecule has 0 saturated heterocycles. The van der Waals surface area contributed by atoms with E-state index in [4.69, 9.17) is 9.47 Å². The minimum Gasteiger partial charge on any atom is -0.494 e. The molecule has 0 bridgehead atoms.